The zero-order valence-corrected chi connectivity index (χ0v) is 11.8. The van der Waals surface area contributed by atoms with Gasteiger partial charge in [-0.15, -0.1) is 0 Å². The lowest BCUT2D eigenvalue weighted by Gasteiger charge is -2.15. The Morgan fingerprint density at radius 2 is 2.09 bits per heavy atom. The molecule has 1 fully saturated rings. The summed E-state index contributed by atoms with van der Waals surface area (Å²) in [6.07, 6.45) is -0.110. The van der Waals surface area contributed by atoms with E-state index in [1.165, 1.54) is 4.57 Å². The summed E-state index contributed by atoms with van der Waals surface area (Å²) in [6, 6.07) is -0.0873. The molecule has 2 aromatic rings. The predicted octanol–water partition coefficient (Wildman–Crippen LogP) is 1.81. The highest BCUT2D eigenvalue weighted by molar-refractivity contribution is 6.10. The van der Waals surface area contributed by atoms with Crippen molar-refractivity contribution in [3.05, 3.63) is 39.7 Å². The van der Waals surface area contributed by atoms with E-state index in [9.17, 15) is 22.8 Å². The van der Waals surface area contributed by atoms with Crippen molar-refractivity contribution in [1.29, 1.82) is 0 Å². The van der Waals surface area contributed by atoms with Crippen molar-refractivity contribution < 1.29 is 27.4 Å². The van der Waals surface area contributed by atoms with Crippen LogP contribution in [0.2, 0.25) is 0 Å². The highest BCUT2D eigenvalue weighted by atomic mass is 19.2. The fraction of sp³-hybridized carbons (Fsp3) is 0.286. The van der Waals surface area contributed by atoms with Gasteiger partial charge in [0, 0.05) is 12.6 Å². The maximum absolute atomic E-state index is 13.9. The molecule has 1 saturated carbocycles. The summed E-state index contributed by atoms with van der Waals surface area (Å²) in [5.74, 6) is -4.34. The average molecular weight is 323 g/mol. The molecule has 118 valence electrons. The number of halogens is 3. The smallest absolute Gasteiger partial charge is 0.378 e. The summed E-state index contributed by atoms with van der Waals surface area (Å²) in [6.45, 7) is 0. The molecule has 0 amide bonds. The van der Waals surface area contributed by atoms with Crippen LogP contribution in [0.15, 0.2) is 17.1 Å². The van der Waals surface area contributed by atoms with Crippen LogP contribution >= 0.6 is 0 Å². The normalized spacial score (nSPS) is 19.7. The zero-order valence-electron chi connectivity index (χ0n) is 11.8. The molecule has 1 aromatic heterocycles. The van der Waals surface area contributed by atoms with Crippen molar-refractivity contribution in [2.75, 3.05) is 7.11 Å². The highest BCUT2D eigenvalue weighted by Gasteiger charge is 2.41. The molecule has 1 heterocycles. The Balaban J connectivity index is 2.46. The minimum atomic E-state index is -1.33. The zero-order chi connectivity index (χ0) is 16.9. The molecule has 0 bridgehead atoms. The van der Waals surface area contributed by atoms with E-state index in [0.29, 0.717) is 6.07 Å². The average Bonchev–Trinajstić information content (AvgIpc) is 3.26. The summed E-state index contributed by atoms with van der Waals surface area (Å²) in [5.41, 5.74) is -1.55. The largest absolute Gasteiger partial charge is 0.540 e. The number of ether oxygens (including phenoxy) is 1. The first-order valence-electron chi connectivity index (χ1n) is 6.56. The lowest BCUT2D eigenvalue weighted by molar-refractivity contribution is 0.0747. The Bertz CT molecular complexity index is 883. The number of hydrogen-bond acceptors (Lipinski definition) is 4. The number of aromatic nitrogens is 1. The quantitative estimate of drug-likeness (QED) is 0.809. The van der Waals surface area contributed by atoms with Gasteiger partial charge >= 0.3 is 14.0 Å². The van der Waals surface area contributed by atoms with Crippen LogP contribution < -0.4 is 10.2 Å². The number of fused-ring (bicyclic) bond motifs is 1. The third kappa shape index (κ3) is 2.27. The first-order valence-corrected chi connectivity index (χ1v) is 6.56. The molecule has 23 heavy (non-hydrogen) atoms. The molecular formula is C14H9BF3NO4. The second kappa shape index (κ2) is 5.33. The molecule has 2 radical (unpaired) electrons. The second-order valence-electron chi connectivity index (χ2n) is 5.11. The van der Waals surface area contributed by atoms with E-state index in [1.807, 2.05) is 0 Å². The molecule has 1 aromatic carbocycles. The molecule has 5 nitrogen and oxygen atoms in total. The van der Waals surface area contributed by atoms with Crippen LogP contribution in [0.3, 0.4) is 0 Å². The Morgan fingerprint density at radius 3 is 2.61 bits per heavy atom. The van der Waals surface area contributed by atoms with Crippen LogP contribution in [0.1, 0.15) is 22.8 Å². The summed E-state index contributed by atoms with van der Waals surface area (Å²) in [7, 11) is 5.86. The predicted molar refractivity (Wildman–Crippen MR) is 74.4 cm³/mol. The maximum atomic E-state index is 13.9. The number of hydrogen-bond donors (Lipinski definition) is 0. The fourth-order valence-electron chi connectivity index (χ4n) is 2.53. The van der Waals surface area contributed by atoms with Crippen molar-refractivity contribution in [1.82, 2.24) is 4.57 Å². The first-order chi connectivity index (χ1) is 10.9. The first kappa shape index (κ1) is 15.5. The van der Waals surface area contributed by atoms with Crippen LogP contribution in [0.25, 0.3) is 10.9 Å². The van der Waals surface area contributed by atoms with Gasteiger partial charge in [0.05, 0.1) is 24.1 Å². The standard InChI is InChI=1S/C14H9BF3NO4/c1-22-13-10(18)8(17)2-5-11(13)19(9-3-7(9)16)4-6(12(5)20)14(21)23-15/h2,4,7,9H,3H2,1H3/t7-,9+/m0/s1. The number of nitrogens with zero attached hydrogens (tertiary/aromatic N) is 1. The van der Waals surface area contributed by atoms with Crippen molar-refractivity contribution in [3.63, 3.8) is 0 Å². The highest BCUT2D eigenvalue weighted by Crippen LogP contribution is 2.42. The van der Waals surface area contributed by atoms with Crippen LogP contribution in [0, 0.1) is 11.6 Å². The van der Waals surface area contributed by atoms with Crippen LogP contribution in [0.4, 0.5) is 13.2 Å². The van der Waals surface area contributed by atoms with Gasteiger partial charge in [-0.1, -0.05) is 0 Å². The van der Waals surface area contributed by atoms with Gasteiger partial charge in [0.1, 0.15) is 11.7 Å². The summed E-state index contributed by atoms with van der Waals surface area (Å²) in [5, 5.41) is -0.331. The topological polar surface area (TPSA) is 57.5 Å². The lowest BCUT2D eigenvalue weighted by Crippen LogP contribution is -2.21. The van der Waals surface area contributed by atoms with Crippen LogP contribution in [-0.4, -0.2) is 31.9 Å². The SMILES string of the molecule is [B]OC(=O)c1cn([C@@H]2C[C@@H]2F)c2c(OC)c(F)c(F)cc2c1=O. The number of carbonyl (C=O) groups is 1. The molecule has 3 rings (SSSR count). The monoisotopic (exact) mass is 323 g/mol. The molecule has 1 aliphatic carbocycles. The Kier molecular flexibility index (Phi) is 3.58. The van der Waals surface area contributed by atoms with E-state index >= 15 is 0 Å². The molecule has 0 saturated heterocycles. The third-order valence-electron chi connectivity index (χ3n) is 3.74. The van der Waals surface area contributed by atoms with Crippen LogP contribution in [0.5, 0.6) is 5.75 Å². The second-order valence-corrected chi connectivity index (χ2v) is 5.11. The van der Waals surface area contributed by atoms with Gasteiger partial charge in [0.25, 0.3) is 0 Å². The van der Waals surface area contributed by atoms with E-state index in [4.69, 9.17) is 12.8 Å². The van der Waals surface area contributed by atoms with Crippen molar-refractivity contribution >= 4 is 24.9 Å². The number of benzene rings is 1. The van der Waals surface area contributed by atoms with Gasteiger partial charge in [-0.3, -0.25) is 4.79 Å². The van der Waals surface area contributed by atoms with Crippen molar-refractivity contribution in [2.45, 2.75) is 18.6 Å². The molecule has 0 spiro atoms. The Morgan fingerprint density at radius 1 is 1.43 bits per heavy atom. The van der Waals surface area contributed by atoms with Gasteiger partial charge in [-0.05, 0) is 6.07 Å². The number of rotatable bonds is 3. The van der Waals surface area contributed by atoms with Gasteiger partial charge in [-0.2, -0.15) is 4.39 Å². The maximum Gasteiger partial charge on any atom is 0.378 e. The van der Waals surface area contributed by atoms with Crippen LogP contribution in [-0.2, 0) is 4.65 Å². The van der Waals surface area contributed by atoms with E-state index in [-0.39, 0.29) is 17.3 Å². The van der Waals surface area contributed by atoms with Crippen molar-refractivity contribution in [3.8, 4) is 5.75 Å². The molecule has 2 atom stereocenters. The van der Waals surface area contributed by atoms with E-state index < -0.39 is 46.6 Å². The minimum absolute atomic E-state index is 0.108. The van der Waals surface area contributed by atoms with E-state index in [2.05, 4.69) is 4.65 Å². The minimum Gasteiger partial charge on any atom is -0.540 e. The van der Waals surface area contributed by atoms with E-state index in [0.717, 1.165) is 13.3 Å². The number of pyridine rings is 1. The lowest BCUT2D eigenvalue weighted by atomic mass is 10.1. The molecule has 1 aliphatic rings. The van der Waals surface area contributed by atoms with Gasteiger partial charge < -0.3 is 14.0 Å². The van der Waals surface area contributed by atoms with Gasteiger partial charge in [-0.25, -0.2) is 13.6 Å². The van der Waals surface area contributed by atoms with Gasteiger partial charge in [0.15, 0.2) is 11.6 Å². The molecular weight excluding hydrogens is 314 g/mol. The molecule has 0 unspecified atom stereocenters. The number of carbonyl (C=O) groups excluding carboxylic acids is 1. The van der Waals surface area contributed by atoms with E-state index in [1.54, 1.807) is 0 Å². The fourth-order valence-corrected chi connectivity index (χ4v) is 2.53. The van der Waals surface area contributed by atoms with Crippen molar-refractivity contribution in [2.24, 2.45) is 0 Å². The number of methoxy groups -OCH3 is 1. The molecule has 9 heteroatoms. The summed E-state index contributed by atoms with van der Waals surface area (Å²) < 4.78 is 51.1. The Labute approximate surface area is 129 Å². The third-order valence-corrected chi connectivity index (χ3v) is 3.74. The number of alkyl halides is 1. The molecule has 0 aliphatic heterocycles. The molecule has 0 N–H and O–H groups in total. The summed E-state index contributed by atoms with van der Waals surface area (Å²) in [4.78, 5) is 23.9. The van der Waals surface area contributed by atoms with Gasteiger partial charge in [0.2, 0.25) is 11.2 Å². The Hall–Kier alpha value is -2.45. The summed E-state index contributed by atoms with van der Waals surface area (Å²) >= 11 is 0.